The summed E-state index contributed by atoms with van der Waals surface area (Å²) in [6.45, 7) is -0.517. The highest BCUT2D eigenvalue weighted by atomic mass is 32.1. The number of carbonyl (C=O) groups is 1. The molecule has 1 amide bonds. The van der Waals surface area contributed by atoms with Gasteiger partial charge in [-0.1, -0.05) is 6.07 Å². The molecule has 1 heterocycles. The standard InChI is InChI=1S/C16H10F5N3OS/c17-8-2-1-7(11(4-8)16(19,20)21)6-22-14(25)10-3-9(18)5-12-13(10)24-15(26)23-12/h1-5H,6H2,(H,22,25)(H2,23,24,26). The molecule has 4 nitrogen and oxygen atoms in total. The maximum atomic E-state index is 13.7. The highest BCUT2D eigenvalue weighted by Gasteiger charge is 2.33. The number of nitrogens with one attached hydrogen (secondary N) is 3. The van der Waals surface area contributed by atoms with Crippen LogP contribution in [0.15, 0.2) is 30.3 Å². The molecular formula is C16H10F5N3OS. The number of halogens is 5. The Labute approximate surface area is 148 Å². The number of hydrogen-bond acceptors (Lipinski definition) is 2. The summed E-state index contributed by atoms with van der Waals surface area (Å²) in [4.78, 5) is 17.7. The number of benzene rings is 2. The molecule has 10 heteroatoms. The van der Waals surface area contributed by atoms with Crippen molar-refractivity contribution in [3.05, 3.63) is 63.4 Å². The molecule has 0 spiro atoms. The first-order chi connectivity index (χ1) is 12.1. The van der Waals surface area contributed by atoms with Crippen molar-refractivity contribution >= 4 is 29.2 Å². The molecule has 3 aromatic rings. The molecular weight excluding hydrogens is 377 g/mol. The van der Waals surface area contributed by atoms with Crippen LogP contribution in [0.25, 0.3) is 11.0 Å². The van der Waals surface area contributed by atoms with E-state index < -0.39 is 35.8 Å². The van der Waals surface area contributed by atoms with Crippen molar-refractivity contribution in [1.29, 1.82) is 0 Å². The first-order valence-electron chi connectivity index (χ1n) is 7.20. The number of aromatic nitrogens is 2. The average Bonchev–Trinajstić information content (AvgIpc) is 2.91. The summed E-state index contributed by atoms with van der Waals surface area (Å²) in [5.41, 5.74) is -1.16. The van der Waals surface area contributed by atoms with E-state index in [1.54, 1.807) is 0 Å². The molecule has 0 saturated heterocycles. The lowest BCUT2D eigenvalue weighted by molar-refractivity contribution is -0.138. The molecule has 3 N–H and O–H groups in total. The number of fused-ring (bicyclic) bond motifs is 1. The van der Waals surface area contributed by atoms with Gasteiger partial charge in [-0.3, -0.25) is 4.79 Å². The maximum Gasteiger partial charge on any atom is 0.416 e. The molecule has 0 fully saturated rings. The molecule has 0 aliphatic carbocycles. The van der Waals surface area contributed by atoms with Gasteiger partial charge in [0.2, 0.25) is 0 Å². The van der Waals surface area contributed by atoms with Crippen LogP contribution in [-0.2, 0) is 12.7 Å². The number of carbonyl (C=O) groups excluding carboxylic acids is 1. The van der Waals surface area contributed by atoms with Gasteiger partial charge in [-0.25, -0.2) is 8.78 Å². The predicted molar refractivity (Wildman–Crippen MR) is 86.0 cm³/mol. The number of amides is 1. The Kier molecular flexibility index (Phi) is 4.53. The van der Waals surface area contributed by atoms with Crippen molar-refractivity contribution in [2.75, 3.05) is 0 Å². The van der Waals surface area contributed by atoms with E-state index in [1.807, 2.05) is 0 Å². The van der Waals surface area contributed by atoms with Crippen molar-refractivity contribution in [2.24, 2.45) is 0 Å². The number of alkyl halides is 3. The highest BCUT2D eigenvalue weighted by Crippen LogP contribution is 2.32. The topological polar surface area (TPSA) is 60.7 Å². The van der Waals surface area contributed by atoms with Crippen LogP contribution in [0.2, 0.25) is 0 Å². The van der Waals surface area contributed by atoms with E-state index in [0.29, 0.717) is 6.07 Å². The number of hydrogen-bond donors (Lipinski definition) is 3. The summed E-state index contributed by atoms with van der Waals surface area (Å²) in [6, 6.07) is 4.21. The molecule has 2 aromatic carbocycles. The van der Waals surface area contributed by atoms with Crippen LogP contribution in [-0.4, -0.2) is 15.9 Å². The van der Waals surface area contributed by atoms with E-state index in [2.05, 4.69) is 15.3 Å². The number of H-pyrrole nitrogens is 2. The van der Waals surface area contributed by atoms with Gasteiger partial charge in [-0.2, -0.15) is 13.2 Å². The molecule has 0 bridgehead atoms. The molecule has 26 heavy (non-hydrogen) atoms. The summed E-state index contributed by atoms with van der Waals surface area (Å²) >= 11 is 4.89. The Morgan fingerprint density at radius 1 is 1.08 bits per heavy atom. The van der Waals surface area contributed by atoms with E-state index in [1.165, 1.54) is 0 Å². The van der Waals surface area contributed by atoms with Gasteiger partial charge in [0.15, 0.2) is 4.77 Å². The molecule has 0 atom stereocenters. The van der Waals surface area contributed by atoms with Gasteiger partial charge >= 0.3 is 6.18 Å². The van der Waals surface area contributed by atoms with Gasteiger partial charge < -0.3 is 15.3 Å². The summed E-state index contributed by atoms with van der Waals surface area (Å²) in [6.07, 6.45) is -4.78. The molecule has 1 aromatic heterocycles. The van der Waals surface area contributed by atoms with E-state index in [4.69, 9.17) is 12.2 Å². The van der Waals surface area contributed by atoms with Crippen molar-refractivity contribution in [1.82, 2.24) is 15.3 Å². The minimum atomic E-state index is -4.78. The minimum absolute atomic E-state index is 0.122. The Morgan fingerprint density at radius 2 is 1.81 bits per heavy atom. The van der Waals surface area contributed by atoms with Crippen molar-refractivity contribution in [3.63, 3.8) is 0 Å². The third-order valence-corrected chi connectivity index (χ3v) is 3.86. The fraction of sp³-hybridized carbons (Fsp3) is 0.125. The monoisotopic (exact) mass is 387 g/mol. The first-order valence-corrected chi connectivity index (χ1v) is 7.61. The molecule has 3 rings (SSSR count). The lowest BCUT2D eigenvalue weighted by atomic mass is 10.1. The van der Waals surface area contributed by atoms with Gasteiger partial charge in [0.1, 0.15) is 11.6 Å². The SMILES string of the molecule is O=C(NCc1ccc(F)cc1C(F)(F)F)c1cc(F)cc2[nH]c(=S)[nH]c12. The van der Waals surface area contributed by atoms with E-state index in [-0.39, 0.29) is 26.9 Å². The van der Waals surface area contributed by atoms with Crippen LogP contribution in [0, 0.1) is 16.4 Å². The second-order valence-corrected chi connectivity index (χ2v) is 5.85. The van der Waals surface area contributed by atoms with Gasteiger partial charge in [0, 0.05) is 6.54 Å². The Hall–Kier alpha value is -2.75. The van der Waals surface area contributed by atoms with E-state index >= 15 is 0 Å². The van der Waals surface area contributed by atoms with Crippen LogP contribution >= 0.6 is 12.2 Å². The molecule has 0 radical (unpaired) electrons. The normalized spacial score (nSPS) is 11.7. The van der Waals surface area contributed by atoms with Crippen LogP contribution in [0.1, 0.15) is 21.5 Å². The molecule has 0 saturated carbocycles. The molecule has 136 valence electrons. The Bertz CT molecular complexity index is 1050. The van der Waals surface area contributed by atoms with Gasteiger partial charge in [0.05, 0.1) is 22.2 Å². The summed E-state index contributed by atoms with van der Waals surface area (Å²) in [5.74, 6) is -2.57. The molecule has 0 aliphatic rings. The first kappa shape index (κ1) is 18.1. The smallest absolute Gasteiger partial charge is 0.348 e. The van der Waals surface area contributed by atoms with Gasteiger partial charge in [0.25, 0.3) is 5.91 Å². The van der Waals surface area contributed by atoms with Crippen molar-refractivity contribution in [2.45, 2.75) is 12.7 Å². The second kappa shape index (κ2) is 6.52. The number of rotatable bonds is 3. The number of aromatic amines is 2. The minimum Gasteiger partial charge on any atom is -0.348 e. The van der Waals surface area contributed by atoms with Crippen LogP contribution in [0.4, 0.5) is 22.0 Å². The zero-order chi connectivity index (χ0) is 19.1. The zero-order valence-corrected chi connectivity index (χ0v) is 13.6. The molecule has 0 unspecified atom stereocenters. The van der Waals surface area contributed by atoms with Crippen LogP contribution in [0.3, 0.4) is 0 Å². The molecule has 0 aliphatic heterocycles. The Morgan fingerprint density at radius 3 is 2.50 bits per heavy atom. The maximum absolute atomic E-state index is 13.7. The average molecular weight is 387 g/mol. The lowest BCUT2D eigenvalue weighted by Crippen LogP contribution is -2.25. The third kappa shape index (κ3) is 3.59. The van der Waals surface area contributed by atoms with Crippen molar-refractivity contribution < 1.29 is 26.7 Å². The van der Waals surface area contributed by atoms with E-state index in [9.17, 15) is 26.7 Å². The Balaban J connectivity index is 1.90. The fourth-order valence-electron chi connectivity index (χ4n) is 2.52. The van der Waals surface area contributed by atoms with Crippen LogP contribution in [0.5, 0.6) is 0 Å². The zero-order valence-electron chi connectivity index (χ0n) is 12.8. The quantitative estimate of drug-likeness (QED) is 0.459. The summed E-state index contributed by atoms with van der Waals surface area (Å²) in [7, 11) is 0. The highest BCUT2D eigenvalue weighted by molar-refractivity contribution is 7.71. The summed E-state index contributed by atoms with van der Waals surface area (Å²) < 4.78 is 65.9. The van der Waals surface area contributed by atoms with Crippen molar-refractivity contribution in [3.8, 4) is 0 Å². The summed E-state index contributed by atoms with van der Waals surface area (Å²) in [5, 5.41) is 2.28. The third-order valence-electron chi connectivity index (χ3n) is 3.65. The fourth-order valence-corrected chi connectivity index (χ4v) is 2.74. The number of imidazole rings is 1. The van der Waals surface area contributed by atoms with Gasteiger partial charge in [-0.05, 0) is 42.0 Å². The second-order valence-electron chi connectivity index (χ2n) is 5.44. The van der Waals surface area contributed by atoms with Crippen LogP contribution < -0.4 is 5.32 Å². The predicted octanol–water partition coefficient (Wildman–Crippen LogP) is 4.45. The lowest BCUT2D eigenvalue weighted by Gasteiger charge is -2.14. The van der Waals surface area contributed by atoms with Gasteiger partial charge in [-0.15, -0.1) is 0 Å². The largest absolute Gasteiger partial charge is 0.416 e. The van der Waals surface area contributed by atoms with E-state index in [0.717, 1.165) is 24.3 Å².